The van der Waals surface area contributed by atoms with E-state index in [0.29, 0.717) is 16.9 Å². The maximum Gasteiger partial charge on any atom is 0.387 e. The lowest BCUT2D eigenvalue weighted by molar-refractivity contribution is -0.118. The molecule has 0 fully saturated rings. The van der Waals surface area contributed by atoms with Gasteiger partial charge in [-0.2, -0.15) is 8.78 Å². The van der Waals surface area contributed by atoms with Gasteiger partial charge in [0.15, 0.2) is 8.29 Å². The van der Waals surface area contributed by atoms with Crippen LogP contribution < -0.4 is 10.1 Å². The number of hydrogen-bond acceptors (Lipinski definition) is 6. The number of alkyl halides is 2. The van der Waals surface area contributed by atoms with E-state index in [2.05, 4.69) is 15.2 Å². The van der Waals surface area contributed by atoms with Gasteiger partial charge in [-0.3, -0.25) is 4.79 Å². The van der Waals surface area contributed by atoms with E-state index in [-0.39, 0.29) is 17.4 Å². The minimum absolute atomic E-state index is 0.111. The van der Waals surface area contributed by atoms with Gasteiger partial charge in [0.25, 0.3) is 0 Å². The second-order valence-electron chi connectivity index (χ2n) is 5.79. The van der Waals surface area contributed by atoms with Crippen molar-refractivity contribution in [2.45, 2.75) is 17.4 Å². The smallest absolute Gasteiger partial charge is 0.387 e. The molecule has 0 atom stereocenters. The lowest BCUT2D eigenvalue weighted by atomic mass is 10.1. The third kappa shape index (κ3) is 6.62. The van der Waals surface area contributed by atoms with Crippen molar-refractivity contribution in [1.29, 1.82) is 0 Å². The fourth-order valence-electron chi connectivity index (χ4n) is 2.41. The van der Waals surface area contributed by atoms with Crippen molar-refractivity contribution >= 4 is 41.2 Å². The molecule has 5 nitrogen and oxygen atoms in total. The molecule has 0 aliphatic heterocycles. The number of carbonyl (C=O) groups is 1. The third-order valence-corrected chi connectivity index (χ3v) is 6.11. The van der Waals surface area contributed by atoms with Crippen LogP contribution in [-0.2, 0) is 11.2 Å². The van der Waals surface area contributed by atoms with Gasteiger partial charge in [-0.1, -0.05) is 53.4 Å². The number of amides is 1. The van der Waals surface area contributed by atoms with E-state index in [9.17, 15) is 13.6 Å². The fourth-order valence-corrected chi connectivity index (χ4v) is 4.60. The predicted octanol–water partition coefficient (Wildman–Crippen LogP) is 4.72. The third-order valence-electron chi connectivity index (χ3n) is 3.74. The Morgan fingerprint density at radius 1 is 1.21 bits per heavy atom. The molecule has 10 heteroatoms. The normalized spacial score (nSPS) is 10.9. The molecule has 1 heterocycles. The summed E-state index contributed by atoms with van der Waals surface area (Å²) >= 11 is 8.04. The van der Waals surface area contributed by atoms with Crippen LogP contribution in [0.4, 0.5) is 8.78 Å². The first kappa shape index (κ1) is 21.4. The number of rotatable bonds is 9. The number of carbonyl (C=O) groups excluding carboxylic acids is 1. The number of para-hydroxylation sites is 1. The second kappa shape index (κ2) is 10.5. The van der Waals surface area contributed by atoms with E-state index < -0.39 is 6.61 Å². The number of aromatic nitrogens is 2. The van der Waals surface area contributed by atoms with Gasteiger partial charge in [-0.25, -0.2) is 4.68 Å². The van der Waals surface area contributed by atoms with Crippen LogP contribution in [0.1, 0.15) is 5.56 Å². The van der Waals surface area contributed by atoms with Gasteiger partial charge in [0, 0.05) is 6.54 Å². The Hall–Kier alpha value is -2.30. The fraction of sp³-hybridized carbons (Fsp3) is 0.211. The SMILES string of the molecule is O=C(CSc1nn(-c2ccccc2)c(=S)s1)NCCc1ccc(OC(F)F)cc1. The van der Waals surface area contributed by atoms with Crippen LogP contribution in [0.2, 0.25) is 0 Å². The quantitative estimate of drug-likeness (QED) is 0.375. The number of hydrogen-bond donors (Lipinski definition) is 1. The standard InChI is InChI=1S/C19H17F2N3O2S3/c20-17(21)26-15-8-6-13(7-9-15)10-11-22-16(25)12-28-18-23-24(19(27)29-18)14-4-2-1-3-5-14/h1-9,17H,10-12H2,(H,22,25). The minimum Gasteiger partial charge on any atom is -0.435 e. The summed E-state index contributed by atoms with van der Waals surface area (Å²) < 4.78 is 31.6. The first-order valence-electron chi connectivity index (χ1n) is 8.60. The number of thioether (sulfide) groups is 1. The summed E-state index contributed by atoms with van der Waals surface area (Å²) in [5, 5.41) is 7.29. The lowest BCUT2D eigenvalue weighted by Gasteiger charge is -2.07. The summed E-state index contributed by atoms with van der Waals surface area (Å²) in [4.78, 5) is 12.1. The van der Waals surface area contributed by atoms with Crippen LogP contribution in [-0.4, -0.2) is 34.6 Å². The molecule has 3 rings (SSSR count). The summed E-state index contributed by atoms with van der Waals surface area (Å²) in [6.07, 6.45) is 0.590. The Morgan fingerprint density at radius 2 is 1.93 bits per heavy atom. The van der Waals surface area contributed by atoms with Gasteiger partial charge in [-0.15, -0.1) is 5.10 Å². The van der Waals surface area contributed by atoms with Crippen molar-refractivity contribution in [3.63, 3.8) is 0 Å². The molecule has 1 aromatic heterocycles. The first-order valence-corrected chi connectivity index (χ1v) is 10.8. The van der Waals surface area contributed by atoms with Gasteiger partial charge >= 0.3 is 6.61 Å². The maximum atomic E-state index is 12.1. The average molecular weight is 454 g/mol. The van der Waals surface area contributed by atoms with Gasteiger partial charge in [0.2, 0.25) is 5.91 Å². The summed E-state index contributed by atoms with van der Waals surface area (Å²) in [5.74, 6) is 0.236. The van der Waals surface area contributed by atoms with Crippen molar-refractivity contribution in [1.82, 2.24) is 15.1 Å². The maximum absolute atomic E-state index is 12.1. The molecule has 0 aliphatic carbocycles. The molecule has 29 heavy (non-hydrogen) atoms. The number of ether oxygens (including phenoxy) is 1. The van der Waals surface area contributed by atoms with Gasteiger partial charge < -0.3 is 10.1 Å². The number of nitrogens with zero attached hydrogens (tertiary/aromatic N) is 2. The number of benzene rings is 2. The summed E-state index contributed by atoms with van der Waals surface area (Å²) in [6, 6.07) is 15.9. The van der Waals surface area contributed by atoms with E-state index >= 15 is 0 Å². The highest BCUT2D eigenvalue weighted by Crippen LogP contribution is 2.23. The molecule has 1 N–H and O–H groups in total. The van der Waals surface area contributed by atoms with E-state index in [1.165, 1.54) is 35.2 Å². The Labute approximate surface area is 179 Å². The van der Waals surface area contributed by atoms with Crippen LogP contribution in [0.5, 0.6) is 5.75 Å². The van der Waals surface area contributed by atoms with E-state index in [0.717, 1.165) is 15.6 Å². The number of nitrogens with one attached hydrogen (secondary N) is 1. The molecule has 3 aromatic rings. The van der Waals surface area contributed by atoms with Crippen molar-refractivity contribution in [2.24, 2.45) is 0 Å². The Kier molecular flexibility index (Phi) is 7.73. The van der Waals surface area contributed by atoms with Crippen molar-refractivity contribution in [3.8, 4) is 11.4 Å². The lowest BCUT2D eigenvalue weighted by Crippen LogP contribution is -2.27. The second-order valence-corrected chi connectivity index (χ2v) is 8.64. The van der Waals surface area contributed by atoms with Gasteiger partial charge in [-0.05, 0) is 48.5 Å². The molecule has 0 unspecified atom stereocenters. The first-order chi connectivity index (χ1) is 14.0. The molecule has 0 saturated carbocycles. The molecule has 0 saturated heterocycles. The topological polar surface area (TPSA) is 56.2 Å². The minimum atomic E-state index is -2.84. The van der Waals surface area contributed by atoms with E-state index in [1.54, 1.807) is 16.8 Å². The van der Waals surface area contributed by atoms with Crippen LogP contribution in [0, 0.1) is 3.95 Å². The summed E-state index contributed by atoms with van der Waals surface area (Å²) in [7, 11) is 0. The van der Waals surface area contributed by atoms with Gasteiger partial charge in [0.05, 0.1) is 11.4 Å². The van der Waals surface area contributed by atoms with Crippen LogP contribution in [0.3, 0.4) is 0 Å². The number of halogens is 2. The van der Waals surface area contributed by atoms with E-state index in [4.69, 9.17) is 12.2 Å². The van der Waals surface area contributed by atoms with Crippen LogP contribution in [0.25, 0.3) is 5.69 Å². The zero-order chi connectivity index (χ0) is 20.6. The molecule has 0 radical (unpaired) electrons. The molecule has 0 spiro atoms. The largest absolute Gasteiger partial charge is 0.435 e. The van der Waals surface area contributed by atoms with Crippen molar-refractivity contribution in [3.05, 3.63) is 64.1 Å². The molecular formula is C19H17F2N3O2S3. The highest BCUT2D eigenvalue weighted by molar-refractivity contribution is 8.01. The molecule has 1 amide bonds. The predicted molar refractivity (Wildman–Crippen MR) is 113 cm³/mol. The molecule has 2 aromatic carbocycles. The zero-order valence-electron chi connectivity index (χ0n) is 15.1. The Bertz CT molecular complexity index is 992. The van der Waals surface area contributed by atoms with E-state index in [1.807, 2.05) is 30.3 Å². The van der Waals surface area contributed by atoms with Crippen molar-refractivity contribution < 1.29 is 18.3 Å². The summed E-state index contributed by atoms with van der Waals surface area (Å²) in [5.41, 5.74) is 1.80. The summed E-state index contributed by atoms with van der Waals surface area (Å²) in [6.45, 7) is -2.39. The molecular weight excluding hydrogens is 436 g/mol. The van der Waals surface area contributed by atoms with Crippen LogP contribution >= 0.6 is 35.3 Å². The highest BCUT2D eigenvalue weighted by Gasteiger charge is 2.09. The highest BCUT2D eigenvalue weighted by atomic mass is 32.2. The molecule has 0 aliphatic rings. The Balaban J connectivity index is 1.43. The molecule has 0 bridgehead atoms. The van der Waals surface area contributed by atoms with Crippen LogP contribution in [0.15, 0.2) is 58.9 Å². The zero-order valence-corrected chi connectivity index (χ0v) is 17.5. The Morgan fingerprint density at radius 3 is 2.62 bits per heavy atom. The van der Waals surface area contributed by atoms with Crippen molar-refractivity contribution in [2.75, 3.05) is 12.3 Å². The average Bonchev–Trinajstić information content (AvgIpc) is 3.09. The monoisotopic (exact) mass is 453 g/mol. The molecule has 152 valence electrons. The van der Waals surface area contributed by atoms with Gasteiger partial charge in [0.1, 0.15) is 5.75 Å².